The Morgan fingerprint density at radius 1 is 1.33 bits per heavy atom. The predicted octanol–water partition coefficient (Wildman–Crippen LogP) is 2.57. The van der Waals surface area contributed by atoms with Crippen LogP contribution in [0, 0.1) is 0 Å². The molecule has 0 aliphatic carbocycles. The average molecular weight is 302 g/mol. The standard InChI is InChI=1S/C16H18N2O2S/c19-16(20)7-9-18-8-6-13-14(11-18)21-15(17-13)10-12-4-2-1-3-5-12/h1-5H,6-11H2,(H,19,20). The highest BCUT2D eigenvalue weighted by Gasteiger charge is 2.20. The first kappa shape index (κ1) is 14.2. The average Bonchev–Trinajstić information content (AvgIpc) is 2.87. The lowest BCUT2D eigenvalue weighted by molar-refractivity contribution is -0.137. The van der Waals surface area contributed by atoms with Gasteiger partial charge in [0.15, 0.2) is 0 Å². The largest absolute Gasteiger partial charge is 0.481 e. The molecule has 0 atom stereocenters. The van der Waals surface area contributed by atoms with E-state index in [1.54, 1.807) is 11.3 Å². The minimum atomic E-state index is -0.727. The number of fused-ring (bicyclic) bond motifs is 1. The fourth-order valence-corrected chi connectivity index (χ4v) is 3.78. The molecule has 1 aromatic heterocycles. The summed E-state index contributed by atoms with van der Waals surface area (Å²) in [6, 6.07) is 10.4. The molecule has 1 aromatic carbocycles. The molecule has 0 unspecified atom stereocenters. The van der Waals surface area contributed by atoms with Gasteiger partial charge < -0.3 is 5.11 Å². The van der Waals surface area contributed by atoms with E-state index in [0.29, 0.717) is 6.54 Å². The number of nitrogens with zero attached hydrogens (tertiary/aromatic N) is 2. The molecule has 4 nitrogen and oxygen atoms in total. The SMILES string of the molecule is O=C(O)CCN1CCc2nc(Cc3ccccc3)sc2C1. The van der Waals surface area contributed by atoms with Crippen molar-refractivity contribution in [2.45, 2.75) is 25.8 Å². The summed E-state index contributed by atoms with van der Waals surface area (Å²) in [5.41, 5.74) is 2.49. The first-order chi connectivity index (χ1) is 10.2. The first-order valence-corrected chi connectivity index (χ1v) is 7.98. The second-order valence-electron chi connectivity index (χ2n) is 5.31. The first-order valence-electron chi connectivity index (χ1n) is 7.16. The van der Waals surface area contributed by atoms with E-state index in [0.717, 1.165) is 30.9 Å². The van der Waals surface area contributed by atoms with Crippen LogP contribution in [-0.4, -0.2) is 34.0 Å². The van der Waals surface area contributed by atoms with Gasteiger partial charge in [0.2, 0.25) is 0 Å². The lowest BCUT2D eigenvalue weighted by Crippen LogP contribution is -2.31. The molecule has 2 aromatic rings. The van der Waals surface area contributed by atoms with Gasteiger partial charge in [0.25, 0.3) is 0 Å². The number of carboxylic acids is 1. The lowest BCUT2D eigenvalue weighted by atomic mass is 10.1. The van der Waals surface area contributed by atoms with Gasteiger partial charge >= 0.3 is 5.97 Å². The van der Waals surface area contributed by atoms with Crippen LogP contribution < -0.4 is 0 Å². The van der Waals surface area contributed by atoms with Crippen molar-refractivity contribution in [3.05, 3.63) is 51.5 Å². The molecule has 2 heterocycles. The van der Waals surface area contributed by atoms with E-state index in [1.165, 1.54) is 16.1 Å². The molecule has 1 N–H and O–H groups in total. The molecule has 1 aliphatic rings. The zero-order chi connectivity index (χ0) is 14.7. The molecule has 0 spiro atoms. The van der Waals surface area contributed by atoms with Crippen molar-refractivity contribution in [1.82, 2.24) is 9.88 Å². The Hall–Kier alpha value is -1.72. The molecule has 0 amide bonds. The van der Waals surface area contributed by atoms with E-state index >= 15 is 0 Å². The number of hydrogen-bond donors (Lipinski definition) is 1. The van der Waals surface area contributed by atoms with Gasteiger partial charge in [-0.05, 0) is 5.56 Å². The van der Waals surface area contributed by atoms with Gasteiger partial charge in [-0.25, -0.2) is 4.98 Å². The van der Waals surface area contributed by atoms with Gasteiger partial charge in [0.1, 0.15) is 0 Å². The van der Waals surface area contributed by atoms with Crippen molar-refractivity contribution in [2.24, 2.45) is 0 Å². The highest BCUT2D eigenvalue weighted by Crippen LogP contribution is 2.26. The van der Waals surface area contributed by atoms with Gasteiger partial charge in [0, 0.05) is 37.4 Å². The maximum atomic E-state index is 10.7. The highest BCUT2D eigenvalue weighted by atomic mass is 32.1. The van der Waals surface area contributed by atoms with E-state index < -0.39 is 5.97 Å². The molecule has 1 aliphatic heterocycles. The fraction of sp³-hybridized carbons (Fsp3) is 0.375. The Kier molecular flexibility index (Phi) is 4.31. The van der Waals surface area contributed by atoms with Crippen LogP contribution in [0.15, 0.2) is 30.3 Å². The van der Waals surface area contributed by atoms with E-state index in [4.69, 9.17) is 10.1 Å². The number of benzene rings is 1. The Balaban J connectivity index is 1.65. The molecule has 0 saturated heterocycles. The number of carbonyl (C=O) groups is 1. The summed E-state index contributed by atoms with van der Waals surface area (Å²) in [6.45, 7) is 2.38. The predicted molar refractivity (Wildman–Crippen MR) is 82.6 cm³/mol. The normalized spacial score (nSPS) is 14.9. The highest BCUT2D eigenvalue weighted by molar-refractivity contribution is 7.11. The van der Waals surface area contributed by atoms with E-state index in [-0.39, 0.29) is 6.42 Å². The third-order valence-corrected chi connectivity index (χ3v) is 4.78. The third-order valence-electron chi connectivity index (χ3n) is 3.69. The monoisotopic (exact) mass is 302 g/mol. The van der Waals surface area contributed by atoms with Gasteiger partial charge in [-0.3, -0.25) is 9.69 Å². The zero-order valence-electron chi connectivity index (χ0n) is 11.8. The Morgan fingerprint density at radius 2 is 2.14 bits per heavy atom. The van der Waals surface area contributed by atoms with Crippen LogP contribution in [0.2, 0.25) is 0 Å². The number of hydrogen-bond acceptors (Lipinski definition) is 4. The number of aliphatic carboxylic acids is 1. The maximum absolute atomic E-state index is 10.7. The Bertz CT molecular complexity index is 624. The van der Waals surface area contributed by atoms with Gasteiger partial charge in [0.05, 0.1) is 17.1 Å². The maximum Gasteiger partial charge on any atom is 0.304 e. The van der Waals surface area contributed by atoms with Gasteiger partial charge in [-0.2, -0.15) is 0 Å². The summed E-state index contributed by atoms with van der Waals surface area (Å²) in [7, 11) is 0. The molecule has 5 heteroatoms. The van der Waals surface area contributed by atoms with Gasteiger partial charge in [-0.1, -0.05) is 30.3 Å². The minimum Gasteiger partial charge on any atom is -0.481 e. The number of rotatable bonds is 5. The third kappa shape index (κ3) is 3.68. The van der Waals surface area contributed by atoms with Gasteiger partial charge in [-0.15, -0.1) is 11.3 Å². The molecule has 3 rings (SSSR count). The molecular weight excluding hydrogens is 284 g/mol. The summed E-state index contributed by atoms with van der Waals surface area (Å²) in [5, 5.41) is 9.93. The summed E-state index contributed by atoms with van der Waals surface area (Å²) >= 11 is 1.77. The Morgan fingerprint density at radius 3 is 2.90 bits per heavy atom. The van der Waals surface area contributed by atoms with Crippen LogP contribution in [0.4, 0.5) is 0 Å². The molecule has 0 saturated carbocycles. The summed E-state index contributed by atoms with van der Waals surface area (Å²) < 4.78 is 0. The van der Waals surface area contributed by atoms with Crippen molar-refractivity contribution < 1.29 is 9.90 Å². The van der Waals surface area contributed by atoms with Crippen LogP contribution in [0.25, 0.3) is 0 Å². The second kappa shape index (κ2) is 6.37. The van der Waals surface area contributed by atoms with E-state index in [2.05, 4.69) is 29.2 Å². The van der Waals surface area contributed by atoms with Crippen molar-refractivity contribution >= 4 is 17.3 Å². The van der Waals surface area contributed by atoms with Crippen LogP contribution in [-0.2, 0) is 24.2 Å². The molecular formula is C16H18N2O2S. The number of carboxylic acid groups (broad SMARTS) is 1. The van der Waals surface area contributed by atoms with Crippen LogP contribution in [0.1, 0.15) is 27.6 Å². The summed E-state index contributed by atoms with van der Waals surface area (Å²) in [6.07, 6.45) is 2.03. The zero-order valence-corrected chi connectivity index (χ0v) is 12.6. The fourth-order valence-electron chi connectivity index (χ4n) is 2.59. The molecule has 0 fully saturated rings. The summed E-state index contributed by atoms with van der Waals surface area (Å²) in [5.74, 6) is -0.727. The Labute approximate surface area is 128 Å². The molecule has 0 bridgehead atoms. The number of thiazole rings is 1. The van der Waals surface area contributed by atoms with Crippen molar-refractivity contribution in [3.8, 4) is 0 Å². The molecule has 0 radical (unpaired) electrons. The van der Waals surface area contributed by atoms with Crippen molar-refractivity contribution in [3.63, 3.8) is 0 Å². The van der Waals surface area contributed by atoms with E-state index in [9.17, 15) is 4.79 Å². The second-order valence-corrected chi connectivity index (χ2v) is 6.48. The summed E-state index contributed by atoms with van der Waals surface area (Å²) in [4.78, 5) is 18.9. The van der Waals surface area contributed by atoms with Crippen molar-refractivity contribution in [1.29, 1.82) is 0 Å². The van der Waals surface area contributed by atoms with Crippen LogP contribution >= 0.6 is 11.3 Å². The van der Waals surface area contributed by atoms with Crippen LogP contribution in [0.5, 0.6) is 0 Å². The molecule has 110 valence electrons. The molecule has 21 heavy (non-hydrogen) atoms. The topological polar surface area (TPSA) is 53.4 Å². The minimum absolute atomic E-state index is 0.213. The van der Waals surface area contributed by atoms with Crippen molar-refractivity contribution in [2.75, 3.05) is 13.1 Å². The smallest absolute Gasteiger partial charge is 0.304 e. The van der Waals surface area contributed by atoms with E-state index in [1.807, 2.05) is 6.07 Å². The van der Waals surface area contributed by atoms with Crippen LogP contribution in [0.3, 0.4) is 0 Å². The number of aromatic nitrogens is 1. The lowest BCUT2D eigenvalue weighted by Gasteiger charge is -2.24. The quantitative estimate of drug-likeness (QED) is 0.922.